The van der Waals surface area contributed by atoms with Crippen LogP contribution in [0.5, 0.6) is 0 Å². The Bertz CT molecular complexity index is 256. The van der Waals surface area contributed by atoms with Crippen LogP contribution in [-0.2, 0) is 0 Å². The Labute approximate surface area is 117 Å². The lowest BCUT2D eigenvalue weighted by Crippen LogP contribution is -3.00. The van der Waals surface area contributed by atoms with Crippen LogP contribution in [0.2, 0.25) is 65.5 Å². The van der Waals surface area contributed by atoms with Crippen LogP contribution in [0.15, 0.2) is 0 Å². The molecule has 1 fully saturated rings. The summed E-state index contributed by atoms with van der Waals surface area (Å²) < 4.78 is 31.8. The quantitative estimate of drug-likeness (QED) is 0.446. The molecule has 0 nitrogen and oxygen atoms in total. The van der Waals surface area contributed by atoms with Gasteiger partial charge in [0.05, 0.1) is 14.2 Å². The number of hydrogen-bond donors (Lipinski definition) is 0. The summed E-state index contributed by atoms with van der Waals surface area (Å²) >= 11 is 0. The van der Waals surface area contributed by atoms with E-state index in [0.29, 0.717) is 0 Å². The summed E-state index contributed by atoms with van der Waals surface area (Å²) in [4.78, 5) is 0. The minimum absolute atomic E-state index is 1.72. The summed E-state index contributed by atoms with van der Waals surface area (Å²) in [6.45, 7) is 21.9. The van der Waals surface area contributed by atoms with Gasteiger partial charge in [-0.05, 0) is 13.1 Å². The highest BCUT2D eigenvalue weighted by Gasteiger charge is 2.82. The van der Waals surface area contributed by atoms with Crippen molar-refractivity contribution in [3.05, 3.63) is 0 Å². The number of halogens is 2. The largest absolute Gasteiger partial charge is 0.322 e. The van der Waals surface area contributed by atoms with Gasteiger partial charge in [-0.15, -0.1) is 0 Å². The third-order valence-corrected chi connectivity index (χ3v) is 146. The standard InChI is InChI=1S/C10H30F2Si6/c1-13(2)14(3,4)17(9,11)16(7,8)18(10,12)15(13,5)6/h1-10H3. The molecule has 1 heterocycles. The smallest absolute Gasteiger partial charge is 0.215 e. The minimum atomic E-state index is -2.84. The molecular formula is C10H30F2Si6. The summed E-state index contributed by atoms with van der Waals surface area (Å²) in [5.41, 5.74) is 0. The Kier molecular flexibility index (Phi) is 3.70. The van der Waals surface area contributed by atoms with Crippen LogP contribution in [0.4, 0.5) is 8.22 Å². The van der Waals surface area contributed by atoms with Crippen LogP contribution >= 0.6 is 0 Å². The van der Waals surface area contributed by atoms with Gasteiger partial charge in [0.15, 0.2) is 0 Å². The van der Waals surface area contributed by atoms with Crippen molar-refractivity contribution in [1.29, 1.82) is 0 Å². The predicted molar refractivity (Wildman–Crippen MR) is 95.4 cm³/mol. The zero-order chi connectivity index (χ0) is 15.0. The van der Waals surface area contributed by atoms with Gasteiger partial charge in [-0.1, -0.05) is 52.4 Å². The maximum absolute atomic E-state index is 15.9. The van der Waals surface area contributed by atoms with E-state index in [1.54, 1.807) is 0 Å². The molecule has 0 aromatic rings. The second-order valence-electron chi connectivity index (χ2n) is 8.51. The van der Waals surface area contributed by atoms with E-state index in [1.807, 2.05) is 13.1 Å². The normalized spacial score (nSPS) is 44.7. The van der Waals surface area contributed by atoms with Crippen LogP contribution in [0.1, 0.15) is 0 Å². The molecule has 2 atom stereocenters. The van der Waals surface area contributed by atoms with Gasteiger partial charge < -0.3 is 8.22 Å². The van der Waals surface area contributed by atoms with Crippen molar-refractivity contribution in [3.63, 3.8) is 0 Å². The molecule has 0 radical (unpaired) electrons. The Morgan fingerprint density at radius 1 is 0.389 bits per heavy atom. The second-order valence-corrected chi connectivity index (χ2v) is 75.8. The molecule has 1 aliphatic heterocycles. The first-order valence-corrected chi connectivity index (χ1v) is 29.6. The summed E-state index contributed by atoms with van der Waals surface area (Å²) in [7, 11) is -13.5. The molecule has 1 aliphatic rings. The van der Waals surface area contributed by atoms with E-state index in [9.17, 15) is 0 Å². The van der Waals surface area contributed by atoms with Crippen molar-refractivity contribution in [2.45, 2.75) is 65.5 Å². The highest BCUT2D eigenvalue weighted by atomic mass is 30.2. The van der Waals surface area contributed by atoms with Gasteiger partial charge in [-0.3, -0.25) is 0 Å². The van der Waals surface area contributed by atoms with E-state index >= 15 is 8.22 Å². The van der Waals surface area contributed by atoms with Crippen LogP contribution < -0.4 is 0 Å². The third kappa shape index (κ3) is 1.47. The molecule has 0 spiro atoms. The highest BCUT2D eigenvalue weighted by molar-refractivity contribution is 8.12. The molecule has 0 N–H and O–H groups in total. The van der Waals surface area contributed by atoms with Gasteiger partial charge >= 0.3 is 0 Å². The maximum Gasteiger partial charge on any atom is 0.215 e. The fourth-order valence-electron chi connectivity index (χ4n) is 3.96. The fraction of sp³-hybridized carbons (Fsp3) is 1.00. The number of rotatable bonds is 0. The van der Waals surface area contributed by atoms with E-state index < -0.39 is 43.3 Å². The zero-order valence-electron chi connectivity index (χ0n) is 13.8. The monoisotopic (exact) mass is 356 g/mol. The average molecular weight is 357 g/mol. The van der Waals surface area contributed by atoms with Crippen molar-refractivity contribution < 1.29 is 8.22 Å². The van der Waals surface area contributed by atoms with E-state index in [2.05, 4.69) is 52.4 Å². The van der Waals surface area contributed by atoms with Crippen LogP contribution in [-0.4, -0.2) is 43.3 Å². The molecule has 0 aromatic heterocycles. The molecule has 1 saturated heterocycles. The Morgan fingerprint density at radius 2 is 0.611 bits per heavy atom. The Morgan fingerprint density at radius 3 is 0.833 bits per heavy atom. The van der Waals surface area contributed by atoms with Crippen molar-refractivity contribution in [2.24, 2.45) is 0 Å². The summed E-state index contributed by atoms with van der Waals surface area (Å²) in [5.74, 6) is 0. The van der Waals surface area contributed by atoms with Gasteiger partial charge in [0.2, 0.25) is 14.9 Å². The van der Waals surface area contributed by atoms with Gasteiger partial charge in [-0.25, -0.2) is 0 Å². The summed E-state index contributed by atoms with van der Waals surface area (Å²) in [6.07, 6.45) is 0. The minimum Gasteiger partial charge on any atom is -0.322 e. The molecule has 0 aromatic carbocycles. The van der Waals surface area contributed by atoms with Crippen molar-refractivity contribution in [3.8, 4) is 0 Å². The van der Waals surface area contributed by atoms with E-state index in [-0.39, 0.29) is 0 Å². The molecule has 0 amide bonds. The summed E-state index contributed by atoms with van der Waals surface area (Å²) in [5, 5.41) is 0. The first-order chi connectivity index (χ1) is 7.50. The molecule has 2 unspecified atom stereocenters. The Balaban J connectivity index is 3.72. The molecule has 8 heteroatoms. The van der Waals surface area contributed by atoms with Gasteiger partial charge in [0.25, 0.3) is 0 Å². The second kappa shape index (κ2) is 3.87. The third-order valence-electron chi connectivity index (χ3n) is 7.82. The van der Waals surface area contributed by atoms with Crippen LogP contribution in [0.25, 0.3) is 0 Å². The van der Waals surface area contributed by atoms with Crippen molar-refractivity contribution >= 4 is 43.3 Å². The van der Waals surface area contributed by atoms with Gasteiger partial charge in [0.1, 0.15) is 7.11 Å². The SMILES string of the molecule is C[Si]1(C)[Si](C)(C)[Si](C)(F)[Si](C)(C)[Si](C)(F)[Si]1(C)C. The fourth-order valence-corrected chi connectivity index (χ4v) is 220. The van der Waals surface area contributed by atoms with E-state index in [0.717, 1.165) is 0 Å². The molecule has 18 heavy (non-hydrogen) atoms. The first kappa shape index (κ1) is 17.2. The first-order valence-electron chi connectivity index (χ1n) is 6.88. The van der Waals surface area contributed by atoms with Crippen molar-refractivity contribution in [1.82, 2.24) is 0 Å². The van der Waals surface area contributed by atoms with Gasteiger partial charge in [0, 0.05) is 7.11 Å². The van der Waals surface area contributed by atoms with E-state index in [4.69, 9.17) is 0 Å². The van der Waals surface area contributed by atoms with Crippen molar-refractivity contribution in [2.75, 3.05) is 0 Å². The molecule has 0 saturated carbocycles. The molecule has 108 valence electrons. The highest BCUT2D eigenvalue weighted by Crippen LogP contribution is 2.52. The lowest BCUT2D eigenvalue weighted by atomic mass is 11.9. The molecular weight excluding hydrogens is 327 g/mol. The van der Waals surface area contributed by atoms with Gasteiger partial charge in [-0.2, -0.15) is 0 Å². The number of hydrogen-bond acceptors (Lipinski definition) is 0. The predicted octanol–water partition coefficient (Wildman–Crippen LogP) is 4.39. The van der Waals surface area contributed by atoms with Crippen LogP contribution in [0, 0.1) is 0 Å². The van der Waals surface area contributed by atoms with Crippen LogP contribution in [0.3, 0.4) is 0 Å². The zero-order valence-corrected chi connectivity index (χ0v) is 19.8. The summed E-state index contributed by atoms with van der Waals surface area (Å²) in [6, 6.07) is 0. The van der Waals surface area contributed by atoms with E-state index in [1.165, 1.54) is 0 Å². The average Bonchev–Trinajstić information content (AvgIpc) is 2.14. The lowest BCUT2D eigenvalue weighted by Gasteiger charge is -2.67. The Hall–Kier alpha value is 1.16. The topological polar surface area (TPSA) is 0 Å². The molecule has 0 aliphatic carbocycles. The maximum atomic E-state index is 15.9. The molecule has 1 rings (SSSR count). The molecule has 0 bridgehead atoms. The lowest BCUT2D eigenvalue weighted by molar-refractivity contribution is 0.829.